The molecule has 0 saturated carbocycles. The number of hydrogen-bond donors (Lipinski definition) is 0. The van der Waals surface area contributed by atoms with Gasteiger partial charge in [0.1, 0.15) is 0 Å². The van der Waals surface area contributed by atoms with Crippen LogP contribution in [0, 0.1) is 34.5 Å². The smallest absolute Gasteiger partial charge is 0.0998 e. The van der Waals surface area contributed by atoms with Crippen molar-refractivity contribution in [3.63, 3.8) is 0 Å². The molecular formula is C47H40N2. The molecule has 0 saturated heterocycles. The molecule has 2 heteroatoms. The largest absolute Gasteiger partial charge is 0.192 e. The van der Waals surface area contributed by atoms with Crippen LogP contribution in [0.15, 0.2) is 84.9 Å². The average molecular weight is 633 g/mol. The van der Waals surface area contributed by atoms with Gasteiger partial charge in [-0.15, -0.1) is 0 Å². The van der Waals surface area contributed by atoms with Gasteiger partial charge in [-0.05, 0) is 126 Å². The maximum absolute atomic E-state index is 10.2. The van der Waals surface area contributed by atoms with Gasteiger partial charge in [0.25, 0.3) is 0 Å². The monoisotopic (exact) mass is 632 g/mol. The second-order valence-corrected chi connectivity index (χ2v) is 16.3. The Bertz CT molecular complexity index is 2400. The first-order chi connectivity index (χ1) is 23.4. The summed E-state index contributed by atoms with van der Waals surface area (Å²) in [7, 11) is 0. The molecule has 0 unspecified atom stereocenters. The Hall–Kier alpha value is -5.18. The van der Waals surface area contributed by atoms with Crippen LogP contribution < -0.4 is 0 Å². The zero-order valence-electron chi connectivity index (χ0n) is 29.6. The molecular weight excluding hydrogens is 593 g/mol. The van der Waals surface area contributed by atoms with Crippen LogP contribution in [-0.2, 0) is 16.2 Å². The van der Waals surface area contributed by atoms with Crippen LogP contribution in [0.4, 0.5) is 0 Å². The maximum Gasteiger partial charge on any atom is 0.0998 e. The lowest BCUT2D eigenvalue weighted by atomic mass is 9.62. The molecule has 0 aliphatic heterocycles. The van der Waals surface area contributed by atoms with E-state index >= 15 is 0 Å². The molecule has 6 aromatic carbocycles. The Morgan fingerprint density at radius 3 is 1.14 bits per heavy atom. The normalized spacial score (nSPS) is 16.6. The van der Waals surface area contributed by atoms with Crippen molar-refractivity contribution in [1.82, 2.24) is 0 Å². The summed E-state index contributed by atoms with van der Waals surface area (Å²) < 4.78 is 0. The van der Waals surface area contributed by atoms with Crippen LogP contribution in [-0.4, -0.2) is 0 Å². The molecule has 0 spiro atoms. The standard InChI is InChI=1S/C47H40N2/c1-25(2)47(26(3)4)39-21-35-37(45(5,6)41-17-27(23-48)29-13-9-11-15-31(29)43(35)41)19-33(39)34-20-38-36(22-40(34)47)44-32-16-12-10-14-30(32)28(24-49)18-42(44)46(38,7)8/h9-22,25-26H,1-8H3. The second kappa shape index (κ2) is 9.49. The summed E-state index contributed by atoms with van der Waals surface area (Å²) in [6, 6.07) is 36.3. The van der Waals surface area contributed by atoms with E-state index in [0.717, 1.165) is 21.9 Å². The minimum Gasteiger partial charge on any atom is -0.192 e. The second-order valence-electron chi connectivity index (χ2n) is 16.3. The van der Waals surface area contributed by atoms with Gasteiger partial charge in [-0.3, -0.25) is 0 Å². The van der Waals surface area contributed by atoms with Crippen LogP contribution in [0.2, 0.25) is 0 Å². The van der Waals surface area contributed by atoms with Crippen molar-refractivity contribution in [2.45, 2.75) is 71.6 Å². The Labute approximate surface area is 289 Å². The van der Waals surface area contributed by atoms with Gasteiger partial charge in [0.05, 0.1) is 23.3 Å². The first-order valence-electron chi connectivity index (χ1n) is 17.7. The third-order valence-corrected chi connectivity index (χ3v) is 12.9. The number of fused-ring (bicyclic) bond motifs is 13. The van der Waals surface area contributed by atoms with Crippen LogP contribution in [0.25, 0.3) is 54.9 Å². The van der Waals surface area contributed by atoms with E-state index in [1.165, 1.54) is 77.5 Å². The van der Waals surface area contributed by atoms with Crippen molar-refractivity contribution in [3.8, 4) is 45.5 Å². The van der Waals surface area contributed by atoms with E-state index < -0.39 is 0 Å². The lowest BCUT2D eigenvalue weighted by Crippen LogP contribution is -2.37. The van der Waals surface area contributed by atoms with E-state index in [0.29, 0.717) is 11.8 Å². The molecule has 238 valence electrons. The van der Waals surface area contributed by atoms with Gasteiger partial charge < -0.3 is 0 Å². The Balaban J connectivity index is 1.39. The van der Waals surface area contributed by atoms with Crippen molar-refractivity contribution >= 4 is 21.5 Å². The fourth-order valence-electron chi connectivity index (χ4n) is 10.6. The lowest BCUT2D eigenvalue weighted by Gasteiger charge is -2.41. The number of rotatable bonds is 2. The molecule has 0 N–H and O–H groups in total. The summed E-state index contributed by atoms with van der Waals surface area (Å²) in [6.07, 6.45) is 0. The molecule has 0 atom stereocenters. The number of hydrogen-bond acceptors (Lipinski definition) is 2. The molecule has 0 bridgehead atoms. The number of nitriles is 2. The zero-order valence-corrected chi connectivity index (χ0v) is 29.6. The van der Waals surface area contributed by atoms with Gasteiger partial charge in [-0.1, -0.05) is 104 Å². The first kappa shape index (κ1) is 29.9. The van der Waals surface area contributed by atoms with E-state index in [2.05, 4.69) is 140 Å². The predicted octanol–water partition coefficient (Wildman–Crippen LogP) is 11.9. The molecule has 0 aromatic heterocycles. The Morgan fingerprint density at radius 2 is 0.796 bits per heavy atom. The Kier molecular flexibility index (Phi) is 5.80. The highest BCUT2D eigenvalue weighted by Gasteiger charge is 2.51. The van der Waals surface area contributed by atoms with Gasteiger partial charge in [0.2, 0.25) is 0 Å². The van der Waals surface area contributed by atoms with Crippen LogP contribution in [0.5, 0.6) is 0 Å². The lowest BCUT2D eigenvalue weighted by molar-refractivity contribution is 0.280. The highest BCUT2D eigenvalue weighted by molar-refractivity contribution is 6.08. The maximum atomic E-state index is 10.2. The quantitative estimate of drug-likeness (QED) is 0.191. The Morgan fingerprint density at radius 1 is 0.449 bits per heavy atom. The van der Waals surface area contributed by atoms with Gasteiger partial charge >= 0.3 is 0 Å². The van der Waals surface area contributed by atoms with Crippen LogP contribution in [0.3, 0.4) is 0 Å². The minimum atomic E-state index is -0.255. The molecule has 49 heavy (non-hydrogen) atoms. The van der Waals surface area contributed by atoms with Crippen molar-refractivity contribution in [2.75, 3.05) is 0 Å². The van der Waals surface area contributed by atoms with Crippen molar-refractivity contribution in [2.24, 2.45) is 11.8 Å². The molecule has 3 aliphatic rings. The highest BCUT2D eigenvalue weighted by atomic mass is 14.5. The third-order valence-electron chi connectivity index (χ3n) is 12.9. The summed E-state index contributed by atoms with van der Waals surface area (Å²) in [5.41, 5.74) is 16.7. The molecule has 6 aromatic rings. The van der Waals surface area contributed by atoms with Crippen LogP contribution >= 0.6 is 0 Å². The predicted molar refractivity (Wildman–Crippen MR) is 202 cm³/mol. The van der Waals surface area contributed by atoms with Crippen molar-refractivity contribution in [3.05, 3.63) is 129 Å². The summed E-state index contributed by atoms with van der Waals surface area (Å²) in [6.45, 7) is 18.9. The molecule has 0 heterocycles. The third kappa shape index (κ3) is 3.40. The molecule has 9 rings (SSSR count). The SMILES string of the molecule is CC(C)C1(C(C)C)c2cc3c(cc2-c2cc4c(cc21)-c1c(cc(C#N)c2ccccc12)C4(C)C)C(C)(C)c1cc(C#N)c2ccccc2c1-3. The highest BCUT2D eigenvalue weighted by Crippen LogP contribution is 2.63. The molecule has 0 fully saturated rings. The topological polar surface area (TPSA) is 47.6 Å². The van der Waals surface area contributed by atoms with Gasteiger partial charge in [0, 0.05) is 27.0 Å². The van der Waals surface area contributed by atoms with E-state index in [1.807, 2.05) is 12.1 Å². The first-order valence-corrected chi connectivity index (χ1v) is 17.7. The van der Waals surface area contributed by atoms with Crippen LogP contribution in [0.1, 0.15) is 99.9 Å². The summed E-state index contributed by atoms with van der Waals surface area (Å²) in [4.78, 5) is 0. The molecule has 0 amide bonds. The summed E-state index contributed by atoms with van der Waals surface area (Å²) in [5.74, 6) is 0.698. The molecule has 2 nitrogen and oxygen atoms in total. The van der Waals surface area contributed by atoms with E-state index in [1.54, 1.807) is 0 Å². The molecule has 3 aliphatic carbocycles. The number of nitrogens with zero attached hydrogens (tertiary/aromatic N) is 2. The fourth-order valence-corrected chi connectivity index (χ4v) is 10.6. The minimum absolute atomic E-state index is 0.195. The van der Waals surface area contributed by atoms with Gasteiger partial charge in [-0.2, -0.15) is 10.5 Å². The van der Waals surface area contributed by atoms with Gasteiger partial charge in [0.15, 0.2) is 0 Å². The number of benzene rings is 6. The van der Waals surface area contributed by atoms with E-state index in [-0.39, 0.29) is 16.2 Å². The summed E-state index contributed by atoms with van der Waals surface area (Å²) >= 11 is 0. The molecule has 0 radical (unpaired) electrons. The van der Waals surface area contributed by atoms with Crippen molar-refractivity contribution in [1.29, 1.82) is 10.5 Å². The van der Waals surface area contributed by atoms with E-state index in [9.17, 15) is 10.5 Å². The summed E-state index contributed by atoms with van der Waals surface area (Å²) in [5, 5.41) is 24.8. The average Bonchev–Trinajstić information content (AvgIpc) is 3.59. The zero-order chi connectivity index (χ0) is 34.4. The van der Waals surface area contributed by atoms with E-state index in [4.69, 9.17) is 0 Å². The van der Waals surface area contributed by atoms with Gasteiger partial charge in [-0.25, -0.2) is 0 Å². The fraction of sp³-hybridized carbons (Fsp3) is 0.277. The van der Waals surface area contributed by atoms with Crippen molar-refractivity contribution < 1.29 is 0 Å².